The number of fused-ring (bicyclic) bond motifs is 2. The van der Waals surface area contributed by atoms with Crippen LogP contribution in [0.5, 0.6) is 0 Å². The van der Waals surface area contributed by atoms with Gasteiger partial charge in [0.15, 0.2) is 0 Å². The first-order chi connectivity index (χ1) is 9.04. The third kappa shape index (κ3) is 2.68. The van der Waals surface area contributed by atoms with Crippen molar-refractivity contribution in [3.63, 3.8) is 0 Å². The van der Waals surface area contributed by atoms with Crippen molar-refractivity contribution in [1.82, 2.24) is 0 Å². The molecule has 3 atom stereocenters. The van der Waals surface area contributed by atoms with Crippen LogP contribution in [0, 0.1) is 12.8 Å². The summed E-state index contributed by atoms with van der Waals surface area (Å²) in [6.07, 6.45) is 3.57. The van der Waals surface area contributed by atoms with Gasteiger partial charge in [0.25, 0.3) is 10.1 Å². The van der Waals surface area contributed by atoms with Gasteiger partial charge in [-0.15, -0.1) is 0 Å². The summed E-state index contributed by atoms with van der Waals surface area (Å²) in [5, 5.41) is 0. The number of aryl methyl sites for hydroxylation is 1. The van der Waals surface area contributed by atoms with E-state index in [0.29, 0.717) is 6.10 Å². The maximum atomic E-state index is 12.0. The highest BCUT2D eigenvalue weighted by Crippen LogP contribution is 2.39. The zero-order valence-electron chi connectivity index (χ0n) is 10.9. The SMILES string of the molecule is Cc1ccc(S(=O)(=O)OC[C@H]2C[C@@H]3CC[C@H]2O3)cc1. The quantitative estimate of drug-likeness (QED) is 0.795. The van der Waals surface area contributed by atoms with Gasteiger partial charge >= 0.3 is 0 Å². The molecule has 0 radical (unpaired) electrons. The maximum absolute atomic E-state index is 12.0. The third-order valence-corrected chi connectivity index (χ3v) is 5.27. The van der Waals surface area contributed by atoms with Gasteiger partial charge in [-0.1, -0.05) is 17.7 Å². The van der Waals surface area contributed by atoms with Crippen molar-refractivity contribution in [2.24, 2.45) is 5.92 Å². The number of ether oxygens (including phenoxy) is 1. The fourth-order valence-electron chi connectivity index (χ4n) is 2.87. The van der Waals surface area contributed by atoms with Crippen molar-refractivity contribution in [3.05, 3.63) is 29.8 Å². The van der Waals surface area contributed by atoms with Crippen LogP contribution in [0.2, 0.25) is 0 Å². The zero-order chi connectivity index (χ0) is 13.5. The molecule has 0 amide bonds. The monoisotopic (exact) mass is 282 g/mol. The molecular weight excluding hydrogens is 264 g/mol. The van der Waals surface area contributed by atoms with E-state index in [1.54, 1.807) is 24.3 Å². The van der Waals surface area contributed by atoms with Crippen LogP contribution in [-0.2, 0) is 19.0 Å². The van der Waals surface area contributed by atoms with Crippen LogP contribution < -0.4 is 0 Å². The Morgan fingerprint density at radius 1 is 1.26 bits per heavy atom. The molecule has 2 aliphatic rings. The molecule has 2 saturated heterocycles. The molecule has 2 fully saturated rings. The predicted octanol–water partition coefficient (Wildman–Crippen LogP) is 2.27. The molecule has 0 saturated carbocycles. The average Bonchev–Trinajstić information content (AvgIpc) is 2.99. The number of hydrogen-bond donors (Lipinski definition) is 0. The van der Waals surface area contributed by atoms with Crippen molar-refractivity contribution in [1.29, 1.82) is 0 Å². The highest BCUT2D eigenvalue weighted by molar-refractivity contribution is 7.86. The Balaban J connectivity index is 1.64. The van der Waals surface area contributed by atoms with Crippen LogP contribution in [0.15, 0.2) is 29.2 Å². The van der Waals surface area contributed by atoms with E-state index in [1.165, 1.54) is 0 Å². The maximum Gasteiger partial charge on any atom is 0.296 e. The van der Waals surface area contributed by atoms with E-state index in [0.717, 1.165) is 24.8 Å². The first kappa shape index (κ1) is 13.1. The minimum Gasteiger partial charge on any atom is -0.375 e. The molecule has 0 aliphatic carbocycles. The summed E-state index contributed by atoms with van der Waals surface area (Å²) in [7, 11) is -3.64. The van der Waals surface area contributed by atoms with Gasteiger partial charge in [-0.25, -0.2) is 0 Å². The van der Waals surface area contributed by atoms with Crippen molar-refractivity contribution in [3.8, 4) is 0 Å². The summed E-state index contributed by atoms with van der Waals surface area (Å²) >= 11 is 0. The summed E-state index contributed by atoms with van der Waals surface area (Å²) in [5.74, 6) is 0.221. The Morgan fingerprint density at radius 2 is 2.00 bits per heavy atom. The van der Waals surface area contributed by atoms with Crippen LogP contribution in [0.1, 0.15) is 24.8 Å². The largest absolute Gasteiger partial charge is 0.375 e. The Kier molecular flexibility index (Phi) is 3.37. The molecule has 1 aromatic rings. The van der Waals surface area contributed by atoms with E-state index in [2.05, 4.69) is 0 Å². The van der Waals surface area contributed by atoms with Gasteiger partial charge in [-0.2, -0.15) is 8.42 Å². The molecule has 0 aromatic heterocycles. The highest BCUT2D eigenvalue weighted by Gasteiger charge is 2.41. The standard InChI is InChI=1S/C14H18O4S/c1-10-2-5-13(6-3-10)19(15,16)17-9-11-8-12-4-7-14(11)18-12/h2-3,5-6,11-12,14H,4,7-9H2,1H3/t11-,12+,14-/m1/s1. The summed E-state index contributed by atoms with van der Waals surface area (Å²) in [6, 6.07) is 6.72. The second kappa shape index (κ2) is 4.89. The molecule has 5 heteroatoms. The predicted molar refractivity (Wildman–Crippen MR) is 70.3 cm³/mol. The third-order valence-electron chi connectivity index (χ3n) is 3.98. The van der Waals surface area contributed by atoms with E-state index in [4.69, 9.17) is 8.92 Å². The van der Waals surface area contributed by atoms with E-state index in [9.17, 15) is 8.42 Å². The lowest BCUT2D eigenvalue weighted by atomic mass is 9.90. The second-order valence-electron chi connectivity index (χ2n) is 5.42. The van der Waals surface area contributed by atoms with Crippen molar-refractivity contribution in [2.45, 2.75) is 43.3 Å². The highest BCUT2D eigenvalue weighted by atomic mass is 32.2. The van der Waals surface area contributed by atoms with E-state index >= 15 is 0 Å². The van der Waals surface area contributed by atoms with Gasteiger partial charge in [-0.3, -0.25) is 4.18 Å². The molecule has 0 N–H and O–H groups in total. The minimum atomic E-state index is -3.64. The first-order valence-corrected chi connectivity index (χ1v) is 8.07. The Hall–Kier alpha value is -0.910. The van der Waals surface area contributed by atoms with Gasteiger partial charge in [0.05, 0.1) is 23.7 Å². The van der Waals surface area contributed by atoms with Crippen LogP contribution >= 0.6 is 0 Å². The Labute approximate surface area is 113 Å². The lowest BCUT2D eigenvalue weighted by Crippen LogP contribution is -2.23. The van der Waals surface area contributed by atoms with E-state index in [1.807, 2.05) is 6.92 Å². The molecule has 0 unspecified atom stereocenters. The number of hydrogen-bond acceptors (Lipinski definition) is 4. The van der Waals surface area contributed by atoms with Crippen LogP contribution in [0.4, 0.5) is 0 Å². The molecule has 0 spiro atoms. The molecule has 2 bridgehead atoms. The second-order valence-corrected chi connectivity index (χ2v) is 7.04. The van der Waals surface area contributed by atoms with Crippen LogP contribution in [-0.4, -0.2) is 27.2 Å². The normalized spacial score (nSPS) is 29.8. The van der Waals surface area contributed by atoms with E-state index < -0.39 is 10.1 Å². The number of benzene rings is 1. The fraction of sp³-hybridized carbons (Fsp3) is 0.571. The topological polar surface area (TPSA) is 52.6 Å². The Morgan fingerprint density at radius 3 is 2.58 bits per heavy atom. The summed E-state index contributed by atoms with van der Waals surface area (Å²) < 4.78 is 35.0. The van der Waals surface area contributed by atoms with Gasteiger partial charge in [-0.05, 0) is 38.3 Å². The van der Waals surface area contributed by atoms with Gasteiger partial charge < -0.3 is 4.74 Å². The molecule has 2 aliphatic heterocycles. The van der Waals surface area contributed by atoms with Crippen molar-refractivity contribution >= 4 is 10.1 Å². The summed E-state index contributed by atoms with van der Waals surface area (Å²) in [4.78, 5) is 0.224. The Bertz CT molecular complexity index is 549. The fourth-order valence-corrected chi connectivity index (χ4v) is 3.83. The van der Waals surface area contributed by atoms with Crippen molar-refractivity contribution in [2.75, 3.05) is 6.61 Å². The van der Waals surface area contributed by atoms with Gasteiger partial charge in [0, 0.05) is 5.92 Å². The number of rotatable bonds is 4. The smallest absolute Gasteiger partial charge is 0.296 e. The zero-order valence-corrected chi connectivity index (χ0v) is 11.7. The van der Waals surface area contributed by atoms with E-state index in [-0.39, 0.29) is 23.5 Å². The molecular formula is C14H18O4S. The van der Waals surface area contributed by atoms with Crippen LogP contribution in [0.3, 0.4) is 0 Å². The summed E-state index contributed by atoms with van der Waals surface area (Å²) in [6.45, 7) is 2.15. The van der Waals surface area contributed by atoms with Gasteiger partial charge in [0.1, 0.15) is 0 Å². The lowest BCUT2D eigenvalue weighted by molar-refractivity contribution is 0.0833. The lowest BCUT2D eigenvalue weighted by Gasteiger charge is -2.18. The van der Waals surface area contributed by atoms with Crippen molar-refractivity contribution < 1.29 is 17.3 Å². The molecule has 104 valence electrons. The van der Waals surface area contributed by atoms with Gasteiger partial charge in [0.2, 0.25) is 0 Å². The molecule has 1 aromatic carbocycles. The molecule has 4 nitrogen and oxygen atoms in total. The molecule has 2 heterocycles. The van der Waals surface area contributed by atoms with Crippen LogP contribution in [0.25, 0.3) is 0 Å². The minimum absolute atomic E-state index is 0.193. The average molecular weight is 282 g/mol. The first-order valence-electron chi connectivity index (χ1n) is 6.66. The summed E-state index contributed by atoms with van der Waals surface area (Å²) in [5.41, 5.74) is 1.03. The molecule has 3 rings (SSSR count). The molecule has 19 heavy (non-hydrogen) atoms.